The van der Waals surface area contributed by atoms with Gasteiger partial charge in [0.2, 0.25) is 6.43 Å². The van der Waals surface area contributed by atoms with E-state index >= 15 is 0 Å². The van der Waals surface area contributed by atoms with Gasteiger partial charge in [-0.15, -0.1) is 0 Å². The molecule has 0 aromatic heterocycles. The fraction of sp³-hybridized carbons (Fsp3) is 0.538. The number of rotatable bonds is 4. The molecule has 0 aliphatic carbocycles. The molecular formula is C13H15ClF4N2. The Labute approximate surface area is 119 Å². The first-order valence-electron chi connectivity index (χ1n) is 6.37. The summed E-state index contributed by atoms with van der Waals surface area (Å²) in [5, 5.41) is 2.82. The predicted octanol–water partition coefficient (Wildman–Crippen LogP) is 3.22. The Morgan fingerprint density at radius 1 is 1.20 bits per heavy atom. The number of nitrogens with zero attached hydrogens (tertiary/aromatic N) is 1. The summed E-state index contributed by atoms with van der Waals surface area (Å²) in [6.45, 7) is 2.12. The van der Waals surface area contributed by atoms with Crippen LogP contribution in [0.4, 0.5) is 17.6 Å². The lowest BCUT2D eigenvalue weighted by molar-refractivity contribution is 0.0710. The minimum Gasteiger partial charge on any atom is -0.314 e. The summed E-state index contributed by atoms with van der Waals surface area (Å²) < 4.78 is 53.5. The van der Waals surface area contributed by atoms with Crippen LogP contribution in [0.2, 0.25) is 5.02 Å². The van der Waals surface area contributed by atoms with Gasteiger partial charge in [-0.3, -0.25) is 4.90 Å². The minimum atomic E-state index is -2.65. The van der Waals surface area contributed by atoms with Gasteiger partial charge in [0.15, 0.2) is 0 Å². The van der Waals surface area contributed by atoms with Crippen molar-refractivity contribution in [3.05, 3.63) is 34.4 Å². The first kappa shape index (κ1) is 15.5. The van der Waals surface area contributed by atoms with Crippen LogP contribution in [-0.4, -0.2) is 37.5 Å². The van der Waals surface area contributed by atoms with Crippen LogP contribution in [0.1, 0.15) is 18.0 Å². The van der Waals surface area contributed by atoms with E-state index in [2.05, 4.69) is 5.32 Å². The standard InChI is InChI=1S/C13H15ClF4N2/c14-8-1-2-9(15)12(13(8)18)10(7-11(16)17)20-5-3-19-4-6-20/h1-2,10-11,19H,3-7H2/t10-/m1/s1. The van der Waals surface area contributed by atoms with Gasteiger partial charge in [0.25, 0.3) is 0 Å². The molecule has 1 aliphatic heterocycles. The first-order valence-corrected chi connectivity index (χ1v) is 6.74. The van der Waals surface area contributed by atoms with E-state index in [0.717, 1.165) is 12.1 Å². The van der Waals surface area contributed by atoms with Crippen molar-refractivity contribution in [3.63, 3.8) is 0 Å². The van der Waals surface area contributed by atoms with Crippen molar-refractivity contribution in [1.82, 2.24) is 10.2 Å². The third-order valence-corrected chi connectivity index (χ3v) is 3.70. The summed E-state index contributed by atoms with van der Waals surface area (Å²) in [5.74, 6) is -1.79. The zero-order chi connectivity index (χ0) is 14.7. The first-order chi connectivity index (χ1) is 9.50. The summed E-state index contributed by atoms with van der Waals surface area (Å²) in [6, 6.07) is 1.10. The molecule has 1 aromatic rings. The fourth-order valence-corrected chi connectivity index (χ4v) is 2.63. The van der Waals surface area contributed by atoms with E-state index in [4.69, 9.17) is 11.6 Å². The summed E-state index contributed by atoms with van der Waals surface area (Å²) in [7, 11) is 0. The molecular weight excluding hydrogens is 296 g/mol. The third kappa shape index (κ3) is 3.42. The van der Waals surface area contributed by atoms with Crippen molar-refractivity contribution in [3.8, 4) is 0 Å². The molecule has 7 heteroatoms. The van der Waals surface area contributed by atoms with Crippen LogP contribution in [0.3, 0.4) is 0 Å². The molecule has 1 atom stereocenters. The van der Waals surface area contributed by atoms with Gasteiger partial charge >= 0.3 is 0 Å². The lowest BCUT2D eigenvalue weighted by atomic mass is 10.00. The van der Waals surface area contributed by atoms with Crippen molar-refractivity contribution in [1.29, 1.82) is 0 Å². The Morgan fingerprint density at radius 3 is 2.45 bits per heavy atom. The van der Waals surface area contributed by atoms with Crippen LogP contribution < -0.4 is 5.32 Å². The predicted molar refractivity (Wildman–Crippen MR) is 69.2 cm³/mol. The molecule has 1 N–H and O–H groups in total. The summed E-state index contributed by atoms with van der Waals surface area (Å²) in [4.78, 5) is 1.67. The van der Waals surface area contributed by atoms with E-state index in [-0.39, 0.29) is 10.6 Å². The maximum atomic E-state index is 14.1. The monoisotopic (exact) mass is 310 g/mol. The Kier molecular flexibility index (Phi) is 5.23. The molecule has 0 amide bonds. The largest absolute Gasteiger partial charge is 0.314 e. The number of hydrogen-bond acceptors (Lipinski definition) is 2. The Balaban J connectivity index is 2.37. The molecule has 1 heterocycles. The number of hydrogen-bond donors (Lipinski definition) is 1. The molecule has 2 rings (SSSR count). The number of nitrogens with one attached hydrogen (secondary N) is 1. The molecule has 0 saturated carbocycles. The summed E-state index contributed by atoms with van der Waals surface area (Å²) >= 11 is 5.65. The van der Waals surface area contributed by atoms with Gasteiger partial charge in [0.1, 0.15) is 11.6 Å². The molecule has 1 fully saturated rings. The Hall–Kier alpha value is -0.850. The van der Waals surface area contributed by atoms with Crippen molar-refractivity contribution >= 4 is 11.6 Å². The highest BCUT2D eigenvalue weighted by Crippen LogP contribution is 2.34. The van der Waals surface area contributed by atoms with Gasteiger partial charge in [-0.05, 0) is 12.1 Å². The highest BCUT2D eigenvalue weighted by molar-refractivity contribution is 6.30. The number of benzene rings is 1. The second-order valence-electron chi connectivity index (χ2n) is 4.69. The fourth-order valence-electron chi connectivity index (χ4n) is 2.46. The van der Waals surface area contributed by atoms with E-state index in [1.54, 1.807) is 4.90 Å². The van der Waals surface area contributed by atoms with Crippen molar-refractivity contribution in [2.24, 2.45) is 0 Å². The number of piperazine rings is 1. The van der Waals surface area contributed by atoms with Crippen LogP contribution in [0.5, 0.6) is 0 Å². The van der Waals surface area contributed by atoms with Gasteiger partial charge in [-0.1, -0.05) is 11.6 Å². The molecule has 1 aromatic carbocycles. The van der Waals surface area contributed by atoms with E-state index < -0.39 is 30.5 Å². The lowest BCUT2D eigenvalue weighted by Gasteiger charge is -2.35. The average molecular weight is 311 g/mol. The van der Waals surface area contributed by atoms with E-state index in [0.29, 0.717) is 26.2 Å². The van der Waals surface area contributed by atoms with Gasteiger partial charge in [-0.2, -0.15) is 0 Å². The van der Waals surface area contributed by atoms with E-state index in [1.807, 2.05) is 0 Å². The summed E-state index contributed by atoms with van der Waals surface area (Å²) in [6.07, 6.45) is -3.26. The third-order valence-electron chi connectivity index (χ3n) is 3.41. The molecule has 2 nitrogen and oxygen atoms in total. The molecule has 20 heavy (non-hydrogen) atoms. The lowest BCUT2D eigenvalue weighted by Crippen LogP contribution is -2.46. The van der Waals surface area contributed by atoms with Gasteiger partial charge in [0.05, 0.1) is 5.02 Å². The molecule has 0 radical (unpaired) electrons. The summed E-state index contributed by atoms with van der Waals surface area (Å²) in [5.41, 5.74) is -0.361. The highest BCUT2D eigenvalue weighted by Gasteiger charge is 2.30. The second kappa shape index (κ2) is 6.74. The highest BCUT2D eigenvalue weighted by atomic mass is 35.5. The van der Waals surface area contributed by atoms with Crippen LogP contribution in [0, 0.1) is 11.6 Å². The van der Waals surface area contributed by atoms with Crippen molar-refractivity contribution in [2.75, 3.05) is 26.2 Å². The SMILES string of the molecule is Fc1ccc(Cl)c(F)c1[C@@H](CC(F)F)N1CCNCC1. The molecule has 0 spiro atoms. The Bertz CT molecular complexity index is 464. The number of alkyl halides is 2. The smallest absolute Gasteiger partial charge is 0.240 e. The molecule has 112 valence electrons. The minimum absolute atomic E-state index is 0.254. The van der Waals surface area contributed by atoms with E-state index in [1.165, 1.54) is 0 Å². The van der Waals surface area contributed by atoms with Crippen LogP contribution in [0.25, 0.3) is 0 Å². The molecule has 0 unspecified atom stereocenters. The Morgan fingerprint density at radius 2 is 1.85 bits per heavy atom. The van der Waals surface area contributed by atoms with Crippen LogP contribution in [0.15, 0.2) is 12.1 Å². The van der Waals surface area contributed by atoms with Gasteiger partial charge in [-0.25, -0.2) is 17.6 Å². The van der Waals surface area contributed by atoms with Gasteiger partial charge in [0, 0.05) is 44.2 Å². The van der Waals surface area contributed by atoms with Crippen molar-refractivity contribution in [2.45, 2.75) is 18.9 Å². The molecule has 1 saturated heterocycles. The molecule has 1 aliphatic rings. The zero-order valence-corrected chi connectivity index (χ0v) is 11.4. The van der Waals surface area contributed by atoms with Crippen LogP contribution in [-0.2, 0) is 0 Å². The van der Waals surface area contributed by atoms with Gasteiger partial charge < -0.3 is 5.32 Å². The number of halogens is 5. The molecule has 0 bridgehead atoms. The normalized spacial score (nSPS) is 18.5. The van der Waals surface area contributed by atoms with Crippen molar-refractivity contribution < 1.29 is 17.6 Å². The van der Waals surface area contributed by atoms with Crippen LogP contribution >= 0.6 is 11.6 Å². The average Bonchev–Trinajstić information content (AvgIpc) is 2.43. The topological polar surface area (TPSA) is 15.3 Å². The maximum Gasteiger partial charge on any atom is 0.240 e. The maximum absolute atomic E-state index is 14.1. The van der Waals surface area contributed by atoms with E-state index in [9.17, 15) is 17.6 Å². The quantitative estimate of drug-likeness (QED) is 0.678. The zero-order valence-electron chi connectivity index (χ0n) is 10.7. The second-order valence-corrected chi connectivity index (χ2v) is 5.09.